The fourth-order valence-corrected chi connectivity index (χ4v) is 4.08. The standard InChI is InChI=1S/C18H19BClN3O2SSi/c1-19(25)21-17-16-14(11-26-17)15(9-10-27(2,3)4)22-23(18(16)24)13-7-5-12(20)6-8-13/h5-8,11,21,25H,1-4H3. The summed E-state index contributed by atoms with van der Waals surface area (Å²) in [5, 5.41) is 21.4. The average Bonchev–Trinajstić information content (AvgIpc) is 2.98. The van der Waals surface area contributed by atoms with Crippen molar-refractivity contribution in [2.45, 2.75) is 26.5 Å². The third-order valence-corrected chi connectivity index (χ3v) is 5.66. The number of aromatic nitrogens is 2. The lowest BCUT2D eigenvalue weighted by atomic mass is 9.89. The van der Waals surface area contributed by atoms with Crippen LogP contribution in [0.4, 0.5) is 5.00 Å². The van der Waals surface area contributed by atoms with E-state index in [2.05, 4.69) is 41.4 Å². The maximum atomic E-state index is 13.1. The van der Waals surface area contributed by atoms with Crippen molar-refractivity contribution in [3.63, 3.8) is 0 Å². The van der Waals surface area contributed by atoms with Crippen molar-refractivity contribution in [1.29, 1.82) is 0 Å². The Morgan fingerprint density at radius 1 is 1.30 bits per heavy atom. The van der Waals surface area contributed by atoms with Gasteiger partial charge in [0.2, 0.25) is 0 Å². The van der Waals surface area contributed by atoms with Crippen LogP contribution in [0, 0.1) is 11.5 Å². The summed E-state index contributed by atoms with van der Waals surface area (Å²) in [6, 6.07) is 6.91. The molecular weight excluding hydrogens is 397 g/mol. The number of anilines is 1. The van der Waals surface area contributed by atoms with Crippen LogP contribution in [0.5, 0.6) is 0 Å². The molecule has 0 radical (unpaired) electrons. The number of thiophene rings is 1. The number of nitrogens with zero attached hydrogens (tertiary/aromatic N) is 2. The van der Waals surface area contributed by atoms with Gasteiger partial charge >= 0.3 is 7.05 Å². The molecule has 2 heterocycles. The Bertz CT molecular complexity index is 1110. The van der Waals surface area contributed by atoms with Crippen molar-refractivity contribution < 1.29 is 5.02 Å². The number of benzene rings is 1. The summed E-state index contributed by atoms with van der Waals surface area (Å²) in [6.45, 7) is 8.07. The van der Waals surface area contributed by atoms with Crippen molar-refractivity contribution in [2.24, 2.45) is 0 Å². The van der Waals surface area contributed by atoms with Gasteiger partial charge in [-0.05, 0) is 31.1 Å². The summed E-state index contributed by atoms with van der Waals surface area (Å²) in [5.41, 5.74) is 4.20. The summed E-state index contributed by atoms with van der Waals surface area (Å²) in [5.74, 6) is 3.17. The van der Waals surface area contributed by atoms with E-state index in [0.717, 1.165) is 0 Å². The molecule has 2 N–H and O–H groups in total. The van der Waals surface area contributed by atoms with E-state index in [1.807, 2.05) is 5.38 Å². The SMILES string of the molecule is CB(O)Nc1scc2c(C#C[Si](C)(C)C)nn(-c3ccc(Cl)cc3)c(=O)c12. The Balaban J connectivity index is 2.32. The Kier molecular flexibility index (Phi) is 5.49. The highest BCUT2D eigenvalue weighted by atomic mass is 35.5. The molecular formula is C18H19BClN3O2SSi. The summed E-state index contributed by atoms with van der Waals surface area (Å²) in [4.78, 5) is 13.1. The number of halogens is 1. The minimum Gasteiger partial charge on any atom is -0.433 e. The van der Waals surface area contributed by atoms with Crippen LogP contribution in [0.2, 0.25) is 31.5 Å². The van der Waals surface area contributed by atoms with Crippen molar-refractivity contribution >= 4 is 53.8 Å². The quantitative estimate of drug-likeness (QED) is 0.503. The Morgan fingerprint density at radius 3 is 2.56 bits per heavy atom. The molecule has 9 heteroatoms. The van der Waals surface area contributed by atoms with Crippen LogP contribution in [0.25, 0.3) is 16.5 Å². The fourth-order valence-electron chi connectivity index (χ4n) is 2.44. The Labute approximate surface area is 168 Å². The monoisotopic (exact) mass is 415 g/mol. The topological polar surface area (TPSA) is 67.2 Å². The lowest BCUT2D eigenvalue weighted by Gasteiger charge is -2.09. The number of hydrogen-bond donors (Lipinski definition) is 2. The van der Waals surface area contributed by atoms with Crippen molar-refractivity contribution in [2.75, 3.05) is 5.23 Å². The van der Waals surface area contributed by atoms with E-state index in [4.69, 9.17) is 11.6 Å². The maximum Gasteiger partial charge on any atom is 0.407 e. The molecule has 0 atom stereocenters. The first-order valence-electron chi connectivity index (χ1n) is 8.44. The first-order chi connectivity index (χ1) is 12.7. The third-order valence-electron chi connectivity index (χ3n) is 3.62. The molecule has 5 nitrogen and oxygen atoms in total. The lowest BCUT2D eigenvalue weighted by molar-refractivity contribution is 0.587. The normalized spacial score (nSPS) is 11.2. The van der Waals surface area contributed by atoms with Crippen LogP contribution >= 0.6 is 22.9 Å². The minimum atomic E-state index is -1.62. The number of hydrogen-bond acceptors (Lipinski definition) is 5. The highest BCUT2D eigenvalue weighted by molar-refractivity contribution is 7.16. The molecule has 3 rings (SSSR count). The zero-order chi connectivity index (χ0) is 19.8. The van der Waals surface area contributed by atoms with E-state index >= 15 is 0 Å². The molecule has 3 aromatic rings. The number of nitrogens with one attached hydrogen (secondary N) is 1. The largest absolute Gasteiger partial charge is 0.433 e. The van der Waals surface area contributed by atoms with E-state index in [-0.39, 0.29) is 5.56 Å². The van der Waals surface area contributed by atoms with Gasteiger partial charge in [-0.15, -0.1) is 16.9 Å². The molecule has 0 fully saturated rings. The molecule has 2 aromatic heterocycles. The van der Waals surface area contributed by atoms with Gasteiger partial charge in [-0.1, -0.05) is 37.2 Å². The summed E-state index contributed by atoms with van der Waals surface area (Å²) in [6.07, 6.45) is 0. The van der Waals surface area contributed by atoms with Crippen molar-refractivity contribution in [3.05, 3.63) is 50.7 Å². The second kappa shape index (κ2) is 7.52. The zero-order valence-corrected chi connectivity index (χ0v) is 18.1. The van der Waals surface area contributed by atoms with Gasteiger partial charge in [0.1, 0.15) is 13.8 Å². The summed E-state index contributed by atoms with van der Waals surface area (Å²) < 4.78 is 1.34. The second-order valence-electron chi connectivity index (χ2n) is 7.22. The van der Waals surface area contributed by atoms with Gasteiger partial charge in [0.05, 0.1) is 16.1 Å². The zero-order valence-electron chi connectivity index (χ0n) is 15.5. The van der Waals surface area contributed by atoms with Crippen LogP contribution < -0.4 is 10.8 Å². The summed E-state index contributed by atoms with van der Waals surface area (Å²) >= 11 is 7.33. The van der Waals surface area contributed by atoms with Gasteiger partial charge < -0.3 is 10.3 Å². The predicted octanol–water partition coefficient (Wildman–Crippen LogP) is 3.85. The van der Waals surface area contributed by atoms with E-state index in [9.17, 15) is 9.82 Å². The molecule has 0 aliphatic rings. The van der Waals surface area contributed by atoms with Gasteiger partial charge in [0.15, 0.2) is 0 Å². The van der Waals surface area contributed by atoms with E-state index in [1.165, 1.54) is 16.0 Å². The maximum absolute atomic E-state index is 13.1. The Hall–Kier alpha value is -2.05. The molecule has 1 aromatic carbocycles. The second-order valence-corrected chi connectivity index (χ2v) is 13.3. The highest BCUT2D eigenvalue weighted by Gasteiger charge is 2.18. The van der Waals surface area contributed by atoms with E-state index in [1.54, 1.807) is 31.1 Å². The lowest BCUT2D eigenvalue weighted by Crippen LogP contribution is -2.25. The molecule has 0 saturated heterocycles. The van der Waals surface area contributed by atoms with Gasteiger partial charge in [-0.3, -0.25) is 4.79 Å². The Morgan fingerprint density at radius 2 is 1.96 bits per heavy atom. The van der Waals surface area contributed by atoms with Crippen molar-refractivity contribution in [3.8, 4) is 17.2 Å². The molecule has 0 aliphatic carbocycles. The van der Waals surface area contributed by atoms with Gasteiger partial charge in [0.25, 0.3) is 5.56 Å². The van der Waals surface area contributed by atoms with Gasteiger partial charge in [0, 0.05) is 15.8 Å². The van der Waals surface area contributed by atoms with Crippen LogP contribution in [0.1, 0.15) is 5.69 Å². The van der Waals surface area contributed by atoms with Gasteiger partial charge in [-0.2, -0.15) is 9.78 Å². The van der Waals surface area contributed by atoms with Gasteiger partial charge in [-0.25, -0.2) is 0 Å². The summed E-state index contributed by atoms with van der Waals surface area (Å²) in [7, 11) is -2.40. The third kappa shape index (κ3) is 4.45. The van der Waals surface area contributed by atoms with E-state index in [0.29, 0.717) is 32.2 Å². The first kappa shape index (κ1) is 19.7. The molecule has 0 unspecified atom stereocenters. The van der Waals surface area contributed by atoms with E-state index < -0.39 is 15.1 Å². The number of rotatable bonds is 3. The molecule has 0 bridgehead atoms. The molecule has 0 aliphatic heterocycles. The van der Waals surface area contributed by atoms with Crippen LogP contribution in [0.15, 0.2) is 34.4 Å². The molecule has 0 saturated carbocycles. The fraction of sp³-hybridized carbons (Fsp3) is 0.222. The van der Waals surface area contributed by atoms with Crippen molar-refractivity contribution in [1.82, 2.24) is 9.78 Å². The van der Waals surface area contributed by atoms with Crippen LogP contribution in [-0.4, -0.2) is 29.9 Å². The van der Waals surface area contributed by atoms with Crippen LogP contribution in [0.3, 0.4) is 0 Å². The average molecular weight is 416 g/mol. The smallest absolute Gasteiger partial charge is 0.407 e. The molecule has 0 spiro atoms. The molecule has 0 amide bonds. The van der Waals surface area contributed by atoms with Crippen LogP contribution in [-0.2, 0) is 0 Å². The number of fused-ring (bicyclic) bond motifs is 1. The highest BCUT2D eigenvalue weighted by Crippen LogP contribution is 2.30. The predicted molar refractivity (Wildman–Crippen MR) is 118 cm³/mol. The molecule has 138 valence electrons. The minimum absolute atomic E-state index is 0.268. The molecule has 27 heavy (non-hydrogen) atoms. The first-order valence-corrected chi connectivity index (χ1v) is 13.2.